The summed E-state index contributed by atoms with van der Waals surface area (Å²) in [6.45, 7) is 6.90. The Kier molecular flexibility index (Phi) is 5.26. The summed E-state index contributed by atoms with van der Waals surface area (Å²) >= 11 is 0. The first kappa shape index (κ1) is 20.9. The molecule has 7 nitrogen and oxygen atoms in total. The van der Waals surface area contributed by atoms with Gasteiger partial charge in [-0.1, -0.05) is 30.3 Å². The van der Waals surface area contributed by atoms with Crippen molar-refractivity contribution in [2.45, 2.75) is 20.0 Å². The molecule has 2 aromatic heterocycles. The van der Waals surface area contributed by atoms with Crippen molar-refractivity contribution in [1.29, 1.82) is 0 Å². The molecule has 174 valence electrons. The van der Waals surface area contributed by atoms with E-state index in [0.717, 1.165) is 42.2 Å². The van der Waals surface area contributed by atoms with Crippen LogP contribution in [0.3, 0.4) is 0 Å². The van der Waals surface area contributed by atoms with Crippen molar-refractivity contribution in [3.8, 4) is 11.5 Å². The van der Waals surface area contributed by atoms with Crippen LogP contribution in [0.15, 0.2) is 65.3 Å². The Labute approximate surface area is 198 Å². The zero-order valence-electron chi connectivity index (χ0n) is 19.2. The molecule has 2 aliphatic heterocycles. The Morgan fingerprint density at radius 2 is 1.74 bits per heavy atom. The number of ether oxygens (including phenoxy) is 2. The van der Waals surface area contributed by atoms with Gasteiger partial charge in [0.05, 0.1) is 11.8 Å². The number of rotatable bonds is 5. The summed E-state index contributed by atoms with van der Waals surface area (Å²) in [6, 6.07) is 18.2. The summed E-state index contributed by atoms with van der Waals surface area (Å²) in [5.41, 5.74) is 5.98. The average molecular weight is 458 g/mol. The van der Waals surface area contributed by atoms with Gasteiger partial charge in [0.2, 0.25) is 6.79 Å². The van der Waals surface area contributed by atoms with Crippen LogP contribution < -0.4 is 9.47 Å². The molecular formula is C27H27N3O4. The predicted molar refractivity (Wildman–Crippen MR) is 128 cm³/mol. The number of carbonyl (C=O) groups excluding carboxylic acids is 1. The van der Waals surface area contributed by atoms with Gasteiger partial charge in [-0.15, -0.1) is 0 Å². The molecular weight excluding hydrogens is 430 g/mol. The Balaban J connectivity index is 1.16. The van der Waals surface area contributed by atoms with Crippen molar-refractivity contribution < 1.29 is 18.7 Å². The lowest BCUT2D eigenvalue weighted by Crippen LogP contribution is -2.48. The van der Waals surface area contributed by atoms with E-state index >= 15 is 0 Å². The van der Waals surface area contributed by atoms with E-state index in [0.29, 0.717) is 25.3 Å². The minimum atomic E-state index is 0.0581. The molecule has 0 radical (unpaired) electrons. The first-order valence-electron chi connectivity index (χ1n) is 11.7. The van der Waals surface area contributed by atoms with Crippen molar-refractivity contribution in [1.82, 2.24) is 14.4 Å². The molecule has 1 amide bonds. The van der Waals surface area contributed by atoms with Gasteiger partial charge in [0.1, 0.15) is 5.69 Å². The monoisotopic (exact) mass is 457 g/mol. The van der Waals surface area contributed by atoms with Crippen LogP contribution in [0.2, 0.25) is 0 Å². The molecule has 2 aliphatic rings. The van der Waals surface area contributed by atoms with E-state index in [9.17, 15) is 4.79 Å². The SMILES string of the molecule is Cc1ccccc1Cn1c(C(=O)N2CCN(Cc3ccc4c(c3)OCO4)CC2)cc2occc21. The molecule has 0 bridgehead atoms. The molecule has 7 heteroatoms. The molecule has 6 rings (SSSR count). The van der Waals surface area contributed by atoms with Crippen LogP contribution in [0.25, 0.3) is 11.1 Å². The number of amides is 1. The summed E-state index contributed by atoms with van der Waals surface area (Å²) in [7, 11) is 0. The largest absolute Gasteiger partial charge is 0.463 e. The molecule has 34 heavy (non-hydrogen) atoms. The lowest BCUT2D eigenvalue weighted by atomic mass is 10.1. The highest BCUT2D eigenvalue weighted by Gasteiger charge is 2.26. The molecule has 4 heterocycles. The first-order chi connectivity index (χ1) is 16.7. The quantitative estimate of drug-likeness (QED) is 0.448. The summed E-state index contributed by atoms with van der Waals surface area (Å²) in [4.78, 5) is 17.9. The van der Waals surface area contributed by atoms with E-state index in [1.807, 2.05) is 41.3 Å². The minimum Gasteiger partial charge on any atom is -0.463 e. The van der Waals surface area contributed by atoms with Gasteiger partial charge in [0.15, 0.2) is 17.1 Å². The maximum absolute atomic E-state index is 13.6. The molecule has 0 aliphatic carbocycles. The van der Waals surface area contributed by atoms with Gasteiger partial charge < -0.3 is 23.4 Å². The second-order valence-corrected chi connectivity index (χ2v) is 8.97. The van der Waals surface area contributed by atoms with Crippen LogP contribution in [0.1, 0.15) is 27.2 Å². The fraction of sp³-hybridized carbons (Fsp3) is 0.296. The average Bonchev–Trinajstić information content (AvgIpc) is 3.58. The summed E-state index contributed by atoms with van der Waals surface area (Å²) in [5, 5.41) is 0. The molecule has 0 atom stereocenters. The highest BCUT2D eigenvalue weighted by Crippen LogP contribution is 2.33. The van der Waals surface area contributed by atoms with Crippen LogP contribution in [0.5, 0.6) is 11.5 Å². The highest BCUT2D eigenvalue weighted by atomic mass is 16.7. The molecule has 2 aromatic carbocycles. The lowest BCUT2D eigenvalue weighted by molar-refractivity contribution is 0.0619. The molecule has 0 saturated carbocycles. The molecule has 4 aromatic rings. The Morgan fingerprint density at radius 1 is 0.912 bits per heavy atom. The molecule has 1 fully saturated rings. The number of furan rings is 1. The maximum Gasteiger partial charge on any atom is 0.270 e. The van der Waals surface area contributed by atoms with Gasteiger partial charge in [-0.2, -0.15) is 0 Å². The van der Waals surface area contributed by atoms with Crippen molar-refractivity contribution >= 4 is 17.0 Å². The van der Waals surface area contributed by atoms with Crippen LogP contribution in [0.4, 0.5) is 0 Å². The van der Waals surface area contributed by atoms with Crippen molar-refractivity contribution in [3.05, 3.63) is 83.2 Å². The van der Waals surface area contributed by atoms with Crippen molar-refractivity contribution in [2.24, 2.45) is 0 Å². The number of benzene rings is 2. The van der Waals surface area contributed by atoms with E-state index in [4.69, 9.17) is 13.9 Å². The Hall–Kier alpha value is -3.71. The third-order valence-electron chi connectivity index (χ3n) is 6.83. The van der Waals surface area contributed by atoms with Crippen molar-refractivity contribution in [2.75, 3.05) is 33.0 Å². The van der Waals surface area contributed by atoms with Crippen LogP contribution >= 0.6 is 0 Å². The van der Waals surface area contributed by atoms with Gasteiger partial charge >= 0.3 is 0 Å². The number of nitrogens with zero attached hydrogens (tertiary/aromatic N) is 3. The third kappa shape index (κ3) is 3.82. The Morgan fingerprint density at radius 3 is 2.59 bits per heavy atom. The predicted octanol–water partition coefficient (Wildman–Crippen LogP) is 4.28. The third-order valence-corrected chi connectivity index (χ3v) is 6.83. The van der Waals surface area contributed by atoms with Gasteiger partial charge in [-0.3, -0.25) is 9.69 Å². The normalized spacial score (nSPS) is 15.9. The number of hydrogen-bond donors (Lipinski definition) is 0. The van der Waals surface area contributed by atoms with Crippen LogP contribution in [0, 0.1) is 6.92 Å². The van der Waals surface area contributed by atoms with Gasteiger partial charge in [-0.25, -0.2) is 0 Å². The summed E-state index contributed by atoms with van der Waals surface area (Å²) in [6.07, 6.45) is 1.68. The smallest absolute Gasteiger partial charge is 0.270 e. The van der Waals surface area contributed by atoms with Crippen LogP contribution in [-0.2, 0) is 13.1 Å². The minimum absolute atomic E-state index is 0.0581. The highest BCUT2D eigenvalue weighted by molar-refractivity contribution is 5.97. The van der Waals surface area contributed by atoms with E-state index in [-0.39, 0.29) is 12.7 Å². The number of fused-ring (bicyclic) bond motifs is 2. The van der Waals surface area contributed by atoms with Gasteiger partial charge in [-0.05, 0) is 35.7 Å². The van der Waals surface area contributed by atoms with Crippen molar-refractivity contribution in [3.63, 3.8) is 0 Å². The first-order valence-corrected chi connectivity index (χ1v) is 11.7. The summed E-state index contributed by atoms with van der Waals surface area (Å²) < 4.78 is 18.6. The maximum atomic E-state index is 13.6. The standard InChI is InChI=1S/C27H27N3O4/c1-19-4-2-3-5-21(19)17-30-22-8-13-32-25(22)15-23(30)27(31)29-11-9-28(10-12-29)16-20-6-7-24-26(14-20)34-18-33-24/h2-8,13-15H,9-12,16-18H2,1H3. The molecule has 0 N–H and O–H groups in total. The van der Waals surface area contributed by atoms with Gasteiger partial charge in [0.25, 0.3) is 5.91 Å². The second kappa shape index (κ2) is 8.57. The summed E-state index contributed by atoms with van der Waals surface area (Å²) in [5.74, 6) is 1.67. The van der Waals surface area contributed by atoms with E-state index < -0.39 is 0 Å². The van der Waals surface area contributed by atoms with E-state index in [2.05, 4.69) is 34.6 Å². The fourth-order valence-corrected chi connectivity index (χ4v) is 4.85. The second-order valence-electron chi connectivity index (χ2n) is 8.97. The number of piperazine rings is 1. The molecule has 0 unspecified atom stereocenters. The number of aromatic nitrogens is 1. The van der Waals surface area contributed by atoms with E-state index in [1.54, 1.807) is 6.26 Å². The number of aryl methyl sites for hydroxylation is 1. The topological polar surface area (TPSA) is 60.1 Å². The lowest BCUT2D eigenvalue weighted by Gasteiger charge is -2.35. The van der Waals surface area contributed by atoms with Gasteiger partial charge in [0, 0.05) is 51.4 Å². The van der Waals surface area contributed by atoms with E-state index in [1.165, 1.54) is 16.7 Å². The van der Waals surface area contributed by atoms with Crippen LogP contribution in [-0.4, -0.2) is 53.2 Å². The Bertz CT molecular complexity index is 1350. The fourth-order valence-electron chi connectivity index (χ4n) is 4.85. The molecule has 1 saturated heterocycles. The molecule has 0 spiro atoms. The number of carbonyl (C=O) groups is 1. The zero-order valence-corrected chi connectivity index (χ0v) is 19.2. The number of hydrogen-bond acceptors (Lipinski definition) is 5. The zero-order chi connectivity index (χ0) is 23.1.